The van der Waals surface area contributed by atoms with Crippen LogP contribution in [0, 0.1) is 13.8 Å². The number of rotatable bonds is 0. The molecule has 0 heterocycles. The van der Waals surface area contributed by atoms with Crippen molar-refractivity contribution in [2.24, 2.45) is 0 Å². The minimum Gasteiger partial charge on any atom is -0.397 e. The number of benzene rings is 2. The molecule has 0 bridgehead atoms. The van der Waals surface area contributed by atoms with Gasteiger partial charge in [-0.05, 0) is 6.92 Å². The first kappa shape index (κ1) is 19.2. The molecule has 18 heavy (non-hydrogen) atoms. The van der Waals surface area contributed by atoms with Gasteiger partial charge in [-0.15, -0.1) is 24.3 Å². The van der Waals surface area contributed by atoms with Crippen LogP contribution in [0.25, 0.3) is 0 Å². The molecule has 2 rings (SSSR count). The van der Waals surface area contributed by atoms with Gasteiger partial charge in [-0.3, -0.25) is 0 Å². The van der Waals surface area contributed by atoms with E-state index in [0.29, 0.717) is 0 Å². The fraction of sp³-hybridized carbons (Fsp3) is 0.125. The van der Waals surface area contributed by atoms with Crippen LogP contribution in [0.4, 0.5) is 0 Å². The first-order valence-corrected chi connectivity index (χ1v) is 5.55. The van der Waals surface area contributed by atoms with Crippen LogP contribution in [0.15, 0.2) is 60.7 Å². The Morgan fingerprint density at radius 3 is 1.11 bits per heavy atom. The molecule has 0 aliphatic carbocycles. The van der Waals surface area contributed by atoms with Gasteiger partial charge < -0.3 is 5.11 Å². The molecule has 1 nitrogen and oxygen atoms in total. The quantitative estimate of drug-likeness (QED) is 0.641. The molecule has 0 aliphatic rings. The van der Waals surface area contributed by atoms with Crippen molar-refractivity contribution in [3.05, 3.63) is 85.6 Å². The number of hydrogen-bond acceptors (Lipinski definition) is 1. The summed E-state index contributed by atoms with van der Waals surface area (Å²) in [7, 11) is 0. The van der Waals surface area contributed by atoms with Crippen molar-refractivity contribution in [3.8, 4) is 0 Å². The van der Waals surface area contributed by atoms with Crippen LogP contribution in [0.3, 0.4) is 0 Å². The van der Waals surface area contributed by atoms with E-state index in [1.807, 2.05) is 60.7 Å². The summed E-state index contributed by atoms with van der Waals surface area (Å²) in [5.74, 6) is 0. The first-order valence-electron chi connectivity index (χ1n) is 5.55. The molecule has 0 atom stereocenters. The second kappa shape index (κ2) is 13.9. The maximum atomic E-state index is 7.57. The van der Waals surface area contributed by atoms with Crippen molar-refractivity contribution in [2.75, 3.05) is 6.61 Å². The largest absolute Gasteiger partial charge is 2.00 e. The van der Waals surface area contributed by atoms with E-state index in [9.17, 15) is 0 Å². The zero-order valence-corrected chi connectivity index (χ0v) is 12.9. The minimum atomic E-state index is 0. The van der Waals surface area contributed by atoms with Gasteiger partial charge >= 0.3 is 21.1 Å². The second-order valence-electron chi connectivity index (χ2n) is 3.29. The zero-order valence-electron chi connectivity index (χ0n) is 10.7. The van der Waals surface area contributed by atoms with Crippen molar-refractivity contribution < 1.29 is 26.2 Å². The van der Waals surface area contributed by atoms with E-state index in [4.69, 9.17) is 5.11 Å². The topological polar surface area (TPSA) is 20.2 Å². The van der Waals surface area contributed by atoms with Crippen molar-refractivity contribution in [1.82, 2.24) is 0 Å². The number of hydrogen-bond donors (Lipinski definition) is 1. The molecule has 0 unspecified atom stereocenters. The van der Waals surface area contributed by atoms with Crippen LogP contribution in [0.2, 0.25) is 0 Å². The van der Waals surface area contributed by atoms with Gasteiger partial charge in [0.25, 0.3) is 0 Å². The van der Waals surface area contributed by atoms with Gasteiger partial charge in [0.1, 0.15) is 0 Å². The third kappa shape index (κ3) is 12.9. The Balaban J connectivity index is 0. The molecular weight excluding hydrogens is 403 g/mol. The standard InChI is InChI=1S/2C7H7.C2H6O.Pt/c2*1-7-5-3-2-4-6-7;1-2-3;/h2*2-6H,1H2;3H,2H2,1H3;/q2*-1;;+2. The molecule has 100 valence electrons. The summed E-state index contributed by atoms with van der Waals surface area (Å²) >= 11 is 0. The third-order valence-electron chi connectivity index (χ3n) is 1.69. The van der Waals surface area contributed by atoms with Crippen LogP contribution < -0.4 is 0 Å². The molecule has 0 amide bonds. The molecule has 2 aromatic rings. The molecule has 0 fully saturated rings. The van der Waals surface area contributed by atoms with Crippen molar-refractivity contribution >= 4 is 0 Å². The molecule has 0 spiro atoms. The Hall–Kier alpha value is -1.17. The third-order valence-corrected chi connectivity index (χ3v) is 1.69. The van der Waals surface area contributed by atoms with Crippen molar-refractivity contribution in [2.45, 2.75) is 6.92 Å². The summed E-state index contributed by atoms with van der Waals surface area (Å²) in [6.45, 7) is 9.37. The summed E-state index contributed by atoms with van der Waals surface area (Å²) in [6.07, 6.45) is 0. The zero-order chi connectivity index (χ0) is 12.9. The Kier molecular flexibility index (Phi) is 14.8. The van der Waals surface area contributed by atoms with Crippen LogP contribution in [0.1, 0.15) is 18.1 Å². The summed E-state index contributed by atoms with van der Waals surface area (Å²) in [5.41, 5.74) is 2.14. The Labute approximate surface area is 125 Å². The second-order valence-corrected chi connectivity index (χ2v) is 3.29. The molecule has 2 aromatic carbocycles. The number of aliphatic hydroxyl groups excluding tert-OH is 1. The SMILES string of the molecule is CCO.[CH2-]c1ccccc1.[CH2-]c1ccccc1.[Pt+2]. The minimum absolute atomic E-state index is 0. The van der Waals surface area contributed by atoms with Gasteiger partial charge in [0.05, 0.1) is 0 Å². The van der Waals surface area contributed by atoms with E-state index >= 15 is 0 Å². The molecule has 1 N–H and O–H groups in total. The van der Waals surface area contributed by atoms with Gasteiger partial charge in [0, 0.05) is 6.61 Å². The summed E-state index contributed by atoms with van der Waals surface area (Å²) in [5, 5.41) is 7.57. The van der Waals surface area contributed by atoms with E-state index in [1.165, 1.54) is 0 Å². The van der Waals surface area contributed by atoms with Gasteiger partial charge in [0.2, 0.25) is 0 Å². The molecule has 0 radical (unpaired) electrons. The number of aliphatic hydroxyl groups is 1. The van der Waals surface area contributed by atoms with Crippen LogP contribution in [-0.2, 0) is 21.1 Å². The van der Waals surface area contributed by atoms with E-state index in [-0.39, 0.29) is 27.7 Å². The maximum absolute atomic E-state index is 7.57. The fourth-order valence-corrected chi connectivity index (χ4v) is 0.956. The molecule has 0 saturated carbocycles. The molecule has 0 saturated heterocycles. The Bertz CT molecular complexity index is 322. The molecule has 2 heteroatoms. The average molecular weight is 423 g/mol. The van der Waals surface area contributed by atoms with Gasteiger partial charge in [-0.25, -0.2) is 0 Å². The van der Waals surface area contributed by atoms with Crippen molar-refractivity contribution in [3.63, 3.8) is 0 Å². The summed E-state index contributed by atoms with van der Waals surface area (Å²) in [4.78, 5) is 0. The molecule has 0 aromatic heterocycles. The Morgan fingerprint density at radius 1 is 0.778 bits per heavy atom. The Morgan fingerprint density at radius 2 is 1.00 bits per heavy atom. The van der Waals surface area contributed by atoms with Crippen LogP contribution >= 0.6 is 0 Å². The first-order chi connectivity index (χ1) is 8.20. The van der Waals surface area contributed by atoms with Gasteiger partial charge in [-0.1, -0.05) is 12.1 Å². The summed E-state index contributed by atoms with van der Waals surface area (Å²) in [6, 6.07) is 19.7. The molecular formula is C16H20OPt. The van der Waals surface area contributed by atoms with E-state index in [1.54, 1.807) is 6.92 Å². The normalized spacial score (nSPS) is 7.67. The maximum Gasteiger partial charge on any atom is 2.00 e. The van der Waals surface area contributed by atoms with Gasteiger partial charge in [-0.2, -0.15) is 49.2 Å². The predicted molar refractivity (Wildman–Crippen MR) is 74.6 cm³/mol. The fourth-order valence-electron chi connectivity index (χ4n) is 0.956. The van der Waals surface area contributed by atoms with E-state index in [2.05, 4.69) is 13.8 Å². The molecule has 0 aliphatic heterocycles. The van der Waals surface area contributed by atoms with E-state index in [0.717, 1.165) is 11.1 Å². The summed E-state index contributed by atoms with van der Waals surface area (Å²) < 4.78 is 0. The van der Waals surface area contributed by atoms with Gasteiger partial charge in [0.15, 0.2) is 0 Å². The van der Waals surface area contributed by atoms with Crippen molar-refractivity contribution in [1.29, 1.82) is 0 Å². The predicted octanol–water partition coefficient (Wildman–Crippen LogP) is 3.73. The monoisotopic (exact) mass is 423 g/mol. The average Bonchev–Trinajstić information content (AvgIpc) is 2.33. The van der Waals surface area contributed by atoms with Crippen LogP contribution in [0.5, 0.6) is 0 Å². The van der Waals surface area contributed by atoms with Crippen LogP contribution in [-0.4, -0.2) is 11.7 Å². The van der Waals surface area contributed by atoms with E-state index < -0.39 is 0 Å². The smallest absolute Gasteiger partial charge is 0.397 e.